The van der Waals surface area contributed by atoms with Crippen LogP contribution in [0.3, 0.4) is 0 Å². The van der Waals surface area contributed by atoms with Gasteiger partial charge in [0.05, 0.1) is 12.2 Å². The first-order valence-electron chi connectivity index (χ1n) is 5.57. The largest absolute Gasteiger partial charge is 0.384 e. The Hall–Kier alpha value is -1.77. The van der Waals surface area contributed by atoms with Crippen LogP contribution in [0.1, 0.15) is 24.0 Å². The second-order valence-electron chi connectivity index (χ2n) is 3.92. The number of anilines is 1. The molecule has 0 bridgehead atoms. The standard InChI is InChI=1S/C13H17N3/c1-3-12-15-10(2)13(14)16(12)9-11-7-5-4-6-8-11/h4-8H,3,9,14H2,1-2H3. The molecule has 0 saturated carbocycles. The molecular formula is C13H17N3. The van der Waals surface area contributed by atoms with Crippen LogP contribution >= 0.6 is 0 Å². The third-order valence-electron chi connectivity index (χ3n) is 2.77. The molecule has 0 aliphatic heterocycles. The molecule has 0 atom stereocenters. The van der Waals surface area contributed by atoms with E-state index in [9.17, 15) is 0 Å². The first kappa shape index (κ1) is 10.7. The van der Waals surface area contributed by atoms with E-state index < -0.39 is 0 Å². The summed E-state index contributed by atoms with van der Waals surface area (Å²) in [6.45, 7) is 4.86. The van der Waals surface area contributed by atoms with E-state index in [1.165, 1.54) is 5.56 Å². The van der Waals surface area contributed by atoms with Crippen LogP contribution in [0.15, 0.2) is 30.3 Å². The average molecular weight is 215 g/mol. The highest BCUT2D eigenvalue weighted by Crippen LogP contribution is 2.16. The average Bonchev–Trinajstić information content (AvgIpc) is 2.58. The van der Waals surface area contributed by atoms with Crippen molar-refractivity contribution < 1.29 is 0 Å². The molecule has 1 aromatic carbocycles. The summed E-state index contributed by atoms with van der Waals surface area (Å²) in [5, 5.41) is 0. The fourth-order valence-corrected chi connectivity index (χ4v) is 1.86. The lowest BCUT2D eigenvalue weighted by atomic mass is 10.2. The summed E-state index contributed by atoms with van der Waals surface area (Å²) >= 11 is 0. The topological polar surface area (TPSA) is 43.8 Å². The van der Waals surface area contributed by atoms with Crippen LogP contribution < -0.4 is 5.73 Å². The van der Waals surface area contributed by atoms with Gasteiger partial charge in [-0.15, -0.1) is 0 Å². The predicted octanol–water partition coefficient (Wildman–Crippen LogP) is 2.38. The third-order valence-corrected chi connectivity index (χ3v) is 2.77. The summed E-state index contributed by atoms with van der Waals surface area (Å²) in [5.74, 6) is 1.83. The van der Waals surface area contributed by atoms with Gasteiger partial charge in [-0.3, -0.25) is 0 Å². The number of aryl methyl sites for hydroxylation is 2. The Bertz CT molecular complexity index is 471. The van der Waals surface area contributed by atoms with Gasteiger partial charge < -0.3 is 10.3 Å². The van der Waals surface area contributed by atoms with Crippen LogP contribution in [-0.4, -0.2) is 9.55 Å². The Kier molecular flexibility index (Phi) is 2.95. The van der Waals surface area contributed by atoms with Gasteiger partial charge in [0.25, 0.3) is 0 Å². The van der Waals surface area contributed by atoms with Crippen LogP contribution in [0.4, 0.5) is 5.82 Å². The van der Waals surface area contributed by atoms with Crippen molar-refractivity contribution in [3.05, 3.63) is 47.4 Å². The SMILES string of the molecule is CCc1nc(C)c(N)n1Cc1ccccc1. The van der Waals surface area contributed by atoms with Gasteiger partial charge in [-0.1, -0.05) is 37.3 Å². The number of aromatic nitrogens is 2. The number of hydrogen-bond acceptors (Lipinski definition) is 2. The summed E-state index contributed by atoms with van der Waals surface area (Å²) in [6.07, 6.45) is 0.908. The number of imidazole rings is 1. The first-order chi connectivity index (χ1) is 7.72. The molecule has 1 heterocycles. The minimum absolute atomic E-state index is 0.778. The highest BCUT2D eigenvalue weighted by atomic mass is 15.1. The molecule has 2 N–H and O–H groups in total. The van der Waals surface area contributed by atoms with Crippen LogP contribution in [-0.2, 0) is 13.0 Å². The Balaban J connectivity index is 2.34. The van der Waals surface area contributed by atoms with Crippen LogP contribution in [0.25, 0.3) is 0 Å². The number of benzene rings is 1. The fraction of sp³-hybridized carbons (Fsp3) is 0.308. The molecule has 2 aromatic rings. The maximum absolute atomic E-state index is 6.03. The van der Waals surface area contributed by atoms with E-state index in [2.05, 4.69) is 28.6 Å². The highest BCUT2D eigenvalue weighted by Gasteiger charge is 2.09. The van der Waals surface area contributed by atoms with Crippen molar-refractivity contribution in [2.45, 2.75) is 26.8 Å². The molecule has 3 nitrogen and oxygen atoms in total. The summed E-state index contributed by atoms with van der Waals surface area (Å²) in [5.41, 5.74) is 8.20. The zero-order chi connectivity index (χ0) is 11.5. The predicted molar refractivity (Wildman–Crippen MR) is 66.3 cm³/mol. The van der Waals surface area contributed by atoms with E-state index in [-0.39, 0.29) is 0 Å². The maximum Gasteiger partial charge on any atom is 0.126 e. The number of rotatable bonds is 3. The zero-order valence-corrected chi connectivity index (χ0v) is 9.77. The fourth-order valence-electron chi connectivity index (χ4n) is 1.86. The van der Waals surface area contributed by atoms with Crippen molar-refractivity contribution >= 4 is 5.82 Å². The molecule has 3 heteroatoms. The molecule has 0 amide bonds. The Morgan fingerprint density at radius 2 is 1.94 bits per heavy atom. The van der Waals surface area contributed by atoms with E-state index in [1.54, 1.807) is 0 Å². The normalized spacial score (nSPS) is 10.6. The van der Waals surface area contributed by atoms with Crippen molar-refractivity contribution in [3.8, 4) is 0 Å². The van der Waals surface area contributed by atoms with Gasteiger partial charge in [0.15, 0.2) is 0 Å². The number of nitrogens with two attached hydrogens (primary N) is 1. The molecule has 0 saturated heterocycles. The number of nitrogen functional groups attached to an aromatic ring is 1. The smallest absolute Gasteiger partial charge is 0.126 e. The maximum atomic E-state index is 6.03. The van der Waals surface area contributed by atoms with E-state index in [0.29, 0.717) is 0 Å². The Morgan fingerprint density at radius 1 is 1.25 bits per heavy atom. The van der Waals surface area contributed by atoms with Crippen molar-refractivity contribution in [3.63, 3.8) is 0 Å². The Morgan fingerprint density at radius 3 is 2.56 bits per heavy atom. The van der Waals surface area contributed by atoms with Crippen LogP contribution in [0.2, 0.25) is 0 Å². The van der Waals surface area contributed by atoms with Gasteiger partial charge in [0.1, 0.15) is 11.6 Å². The van der Waals surface area contributed by atoms with E-state index in [4.69, 9.17) is 5.73 Å². The van der Waals surface area contributed by atoms with Crippen LogP contribution in [0.5, 0.6) is 0 Å². The molecular weight excluding hydrogens is 198 g/mol. The van der Waals surface area contributed by atoms with Gasteiger partial charge in [-0.05, 0) is 12.5 Å². The van der Waals surface area contributed by atoms with E-state index >= 15 is 0 Å². The van der Waals surface area contributed by atoms with Crippen LogP contribution in [0, 0.1) is 6.92 Å². The van der Waals surface area contributed by atoms with Gasteiger partial charge in [0.2, 0.25) is 0 Å². The lowest BCUT2D eigenvalue weighted by Gasteiger charge is -2.08. The molecule has 0 unspecified atom stereocenters. The van der Waals surface area contributed by atoms with Crippen molar-refractivity contribution in [2.75, 3.05) is 5.73 Å². The molecule has 0 aliphatic carbocycles. The minimum Gasteiger partial charge on any atom is -0.384 e. The number of nitrogens with zero attached hydrogens (tertiary/aromatic N) is 2. The third kappa shape index (κ3) is 1.94. The quantitative estimate of drug-likeness (QED) is 0.854. The summed E-state index contributed by atoms with van der Waals surface area (Å²) in [4.78, 5) is 4.46. The van der Waals surface area contributed by atoms with Crippen molar-refractivity contribution in [1.82, 2.24) is 9.55 Å². The molecule has 0 aliphatic rings. The molecule has 2 rings (SSSR count). The van der Waals surface area contributed by atoms with Crippen molar-refractivity contribution in [2.24, 2.45) is 0 Å². The first-order valence-corrected chi connectivity index (χ1v) is 5.57. The minimum atomic E-state index is 0.778. The molecule has 0 fully saturated rings. The lowest BCUT2D eigenvalue weighted by Crippen LogP contribution is -2.07. The molecule has 1 aromatic heterocycles. The van der Waals surface area contributed by atoms with E-state index in [1.807, 2.05) is 25.1 Å². The van der Waals surface area contributed by atoms with Crippen molar-refractivity contribution in [1.29, 1.82) is 0 Å². The molecule has 0 radical (unpaired) electrons. The molecule has 84 valence electrons. The van der Waals surface area contributed by atoms with Gasteiger partial charge in [-0.2, -0.15) is 0 Å². The molecule has 0 spiro atoms. The van der Waals surface area contributed by atoms with E-state index in [0.717, 1.165) is 30.3 Å². The highest BCUT2D eigenvalue weighted by molar-refractivity contribution is 5.38. The zero-order valence-electron chi connectivity index (χ0n) is 9.77. The second-order valence-corrected chi connectivity index (χ2v) is 3.92. The Labute approximate surface area is 95.9 Å². The van der Waals surface area contributed by atoms with Gasteiger partial charge >= 0.3 is 0 Å². The summed E-state index contributed by atoms with van der Waals surface area (Å²) in [7, 11) is 0. The number of hydrogen-bond donors (Lipinski definition) is 1. The van der Waals surface area contributed by atoms with Gasteiger partial charge in [-0.25, -0.2) is 4.98 Å². The summed E-state index contributed by atoms with van der Waals surface area (Å²) in [6, 6.07) is 10.3. The monoisotopic (exact) mass is 215 g/mol. The summed E-state index contributed by atoms with van der Waals surface area (Å²) < 4.78 is 2.09. The second kappa shape index (κ2) is 4.39. The van der Waals surface area contributed by atoms with Gasteiger partial charge in [0, 0.05) is 6.42 Å². The lowest BCUT2D eigenvalue weighted by molar-refractivity contribution is 0.740. The molecule has 16 heavy (non-hydrogen) atoms.